The lowest BCUT2D eigenvalue weighted by atomic mass is 9.81. The van der Waals surface area contributed by atoms with E-state index in [-0.39, 0.29) is 10.8 Å². The van der Waals surface area contributed by atoms with Crippen LogP contribution in [-0.4, -0.2) is 22.1 Å². The molecule has 0 saturated heterocycles. The second-order valence-electron chi connectivity index (χ2n) is 9.10. The van der Waals surface area contributed by atoms with E-state index in [4.69, 9.17) is 9.72 Å². The summed E-state index contributed by atoms with van der Waals surface area (Å²) in [5.74, 6) is 1.35. The molecule has 0 fully saturated rings. The van der Waals surface area contributed by atoms with Crippen LogP contribution in [0.1, 0.15) is 64.2 Å². The number of pyridine rings is 1. The SMILES string of the molecule is COc1ccnc(Cc2ccc3nc(C(C)(C)C)cc(C(C)(C)C)c3c2)n1. The lowest BCUT2D eigenvalue weighted by Gasteiger charge is -2.26. The summed E-state index contributed by atoms with van der Waals surface area (Å²) in [4.78, 5) is 13.8. The molecule has 4 nitrogen and oxygen atoms in total. The number of aromatic nitrogens is 3. The zero-order valence-corrected chi connectivity index (χ0v) is 17.4. The van der Waals surface area contributed by atoms with Gasteiger partial charge in [-0.15, -0.1) is 0 Å². The first-order chi connectivity index (χ1) is 12.6. The van der Waals surface area contributed by atoms with Gasteiger partial charge in [0.15, 0.2) is 0 Å². The van der Waals surface area contributed by atoms with E-state index in [1.165, 1.54) is 16.5 Å². The van der Waals surface area contributed by atoms with E-state index in [1.807, 2.05) is 0 Å². The quantitative estimate of drug-likeness (QED) is 0.640. The summed E-state index contributed by atoms with van der Waals surface area (Å²) in [7, 11) is 1.62. The first kappa shape index (κ1) is 19.3. The summed E-state index contributed by atoms with van der Waals surface area (Å²) in [6.07, 6.45) is 2.40. The Morgan fingerprint density at radius 2 is 1.63 bits per heavy atom. The maximum absolute atomic E-state index is 5.21. The van der Waals surface area contributed by atoms with Crippen molar-refractivity contribution in [3.8, 4) is 5.88 Å². The van der Waals surface area contributed by atoms with Crippen LogP contribution in [0, 0.1) is 0 Å². The van der Waals surface area contributed by atoms with Crippen LogP contribution in [0.5, 0.6) is 5.88 Å². The first-order valence-corrected chi connectivity index (χ1v) is 9.38. The Hall–Kier alpha value is -2.49. The highest BCUT2D eigenvalue weighted by Gasteiger charge is 2.23. The standard InChI is InChI=1S/C23H29N3O/c1-22(2,3)17-14-19(23(4,5)6)25-18-9-8-15(12-16(17)18)13-20-24-11-10-21(26-20)27-7/h8-12,14H,13H2,1-7H3. The molecular weight excluding hydrogens is 334 g/mol. The highest BCUT2D eigenvalue weighted by atomic mass is 16.5. The smallest absolute Gasteiger partial charge is 0.216 e. The van der Waals surface area contributed by atoms with E-state index in [2.05, 4.69) is 75.8 Å². The van der Waals surface area contributed by atoms with Crippen molar-refractivity contribution in [3.63, 3.8) is 0 Å². The Balaban J connectivity index is 2.10. The van der Waals surface area contributed by atoms with E-state index in [9.17, 15) is 0 Å². The van der Waals surface area contributed by atoms with E-state index >= 15 is 0 Å². The van der Waals surface area contributed by atoms with Gasteiger partial charge in [-0.25, -0.2) is 4.98 Å². The number of rotatable bonds is 3. The van der Waals surface area contributed by atoms with Gasteiger partial charge >= 0.3 is 0 Å². The van der Waals surface area contributed by atoms with E-state index in [0.29, 0.717) is 12.3 Å². The zero-order valence-electron chi connectivity index (χ0n) is 17.4. The van der Waals surface area contributed by atoms with Crippen LogP contribution in [0.3, 0.4) is 0 Å². The van der Waals surface area contributed by atoms with Crippen LogP contribution in [-0.2, 0) is 17.3 Å². The highest BCUT2D eigenvalue weighted by molar-refractivity contribution is 5.84. The number of fused-ring (bicyclic) bond motifs is 1. The number of nitrogens with zero attached hydrogens (tertiary/aromatic N) is 3. The molecule has 2 aromatic heterocycles. The number of methoxy groups -OCH3 is 1. The van der Waals surface area contributed by atoms with Crippen molar-refractivity contribution in [2.75, 3.05) is 7.11 Å². The number of benzene rings is 1. The summed E-state index contributed by atoms with van der Waals surface area (Å²) in [6, 6.07) is 10.5. The Morgan fingerprint density at radius 1 is 0.889 bits per heavy atom. The number of hydrogen-bond acceptors (Lipinski definition) is 4. The lowest BCUT2D eigenvalue weighted by molar-refractivity contribution is 0.395. The van der Waals surface area contributed by atoms with Crippen molar-refractivity contribution in [1.29, 1.82) is 0 Å². The molecular formula is C23H29N3O. The molecule has 142 valence electrons. The third-order valence-corrected chi connectivity index (χ3v) is 4.70. The maximum atomic E-state index is 5.21. The Kier molecular flexibility index (Phi) is 4.94. The molecule has 0 aliphatic rings. The zero-order chi connectivity index (χ0) is 19.8. The van der Waals surface area contributed by atoms with Gasteiger partial charge in [0.1, 0.15) is 5.82 Å². The Bertz CT molecular complexity index is 965. The predicted octanol–water partition coefficient (Wildman–Crippen LogP) is 5.22. The first-order valence-electron chi connectivity index (χ1n) is 9.38. The summed E-state index contributed by atoms with van der Waals surface area (Å²) in [5, 5.41) is 1.20. The van der Waals surface area contributed by atoms with Gasteiger partial charge in [-0.05, 0) is 34.7 Å². The van der Waals surface area contributed by atoms with Crippen LogP contribution in [0.2, 0.25) is 0 Å². The minimum atomic E-state index is 0.0152. The van der Waals surface area contributed by atoms with Crippen molar-refractivity contribution in [2.24, 2.45) is 0 Å². The molecule has 27 heavy (non-hydrogen) atoms. The van der Waals surface area contributed by atoms with E-state index in [1.54, 1.807) is 19.4 Å². The minimum Gasteiger partial charge on any atom is -0.481 e. The molecule has 1 aromatic carbocycles. The summed E-state index contributed by atoms with van der Waals surface area (Å²) < 4.78 is 5.21. The molecule has 4 heteroatoms. The van der Waals surface area contributed by atoms with Gasteiger partial charge in [0.2, 0.25) is 5.88 Å². The van der Waals surface area contributed by atoms with Crippen molar-refractivity contribution in [3.05, 3.63) is 59.2 Å². The lowest BCUT2D eigenvalue weighted by Crippen LogP contribution is -2.18. The molecule has 0 saturated carbocycles. The fourth-order valence-electron chi connectivity index (χ4n) is 3.15. The summed E-state index contributed by atoms with van der Waals surface area (Å²) >= 11 is 0. The number of hydrogen-bond donors (Lipinski definition) is 0. The third kappa shape index (κ3) is 4.26. The van der Waals surface area contributed by atoms with Crippen LogP contribution >= 0.6 is 0 Å². The van der Waals surface area contributed by atoms with Gasteiger partial charge in [-0.2, -0.15) is 4.98 Å². The second-order valence-corrected chi connectivity index (χ2v) is 9.10. The molecule has 0 aliphatic heterocycles. The molecule has 0 radical (unpaired) electrons. The fraction of sp³-hybridized carbons (Fsp3) is 0.435. The van der Waals surface area contributed by atoms with Crippen LogP contribution in [0.25, 0.3) is 10.9 Å². The van der Waals surface area contributed by atoms with Crippen molar-refractivity contribution in [1.82, 2.24) is 15.0 Å². The average molecular weight is 364 g/mol. The van der Waals surface area contributed by atoms with Gasteiger partial charge < -0.3 is 4.74 Å². The highest BCUT2D eigenvalue weighted by Crippen LogP contribution is 2.34. The topological polar surface area (TPSA) is 47.9 Å². The largest absolute Gasteiger partial charge is 0.481 e. The average Bonchev–Trinajstić information content (AvgIpc) is 2.59. The second kappa shape index (κ2) is 6.91. The van der Waals surface area contributed by atoms with E-state index < -0.39 is 0 Å². The van der Waals surface area contributed by atoms with Crippen molar-refractivity contribution in [2.45, 2.75) is 58.8 Å². The molecule has 3 aromatic rings. The Morgan fingerprint density at radius 3 is 2.26 bits per heavy atom. The molecule has 0 unspecified atom stereocenters. The molecule has 0 N–H and O–H groups in total. The van der Waals surface area contributed by atoms with Crippen LogP contribution < -0.4 is 4.74 Å². The molecule has 0 amide bonds. The van der Waals surface area contributed by atoms with Gasteiger partial charge in [-0.3, -0.25) is 4.98 Å². The van der Waals surface area contributed by atoms with Gasteiger partial charge in [0.05, 0.1) is 12.6 Å². The molecule has 2 heterocycles. The van der Waals surface area contributed by atoms with Crippen molar-refractivity contribution < 1.29 is 4.74 Å². The van der Waals surface area contributed by atoms with Gasteiger partial charge in [-0.1, -0.05) is 47.6 Å². The predicted molar refractivity (Wildman–Crippen MR) is 111 cm³/mol. The normalized spacial score (nSPS) is 12.4. The molecule has 3 rings (SSSR count). The third-order valence-electron chi connectivity index (χ3n) is 4.70. The molecule has 0 atom stereocenters. The minimum absolute atomic E-state index is 0.0152. The van der Waals surface area contributed by atoms with Crippen molar-refractivity contribution >= 4 is 10.9 Å². The van der Waals surface area contributed by atoms with E-state index in [0.717, 1.165) is 17.0 Å². The monoisotopic (exact) mass is 363 g/mol. The van der Waals surface area contributed by atoms with Crippen LogP contribution in [0.15, 0.2) is 36.5 Å². The molecule has 0 spiro atoms. The molecule has 0 bridgehead atoms. The maximum Gasteiger partial charge on any atom is 0.216 e. The van der Waals surface area contributed by atoms with Crippen LogP contribution in [0.4, 0.5) is 0 Å². The van der Waals surface area contributed by atoms with Gasteiger partial charge in [0.25, 0.3) is 0 Å². The Labute approximate surface area is 162 Å². The molecule has 0 aliphatic carbocycles. The fourth-order valence-corrected chi connectivity index (χ4v) is 3.15. The number of ether oxygens (including phenoxy) is 1. The van der Waals surface area contributed by atoms with Gasteiger partial charge in [0, 0.05) is 35.2 Å². The summed E-state index contributed by atoms with van der Waals surface area (Å²) in [5.41, 5.74) is 4.72. The summed E-state index contributed by atoms with van der Waals surface area (Å²) in [6.45, 7) is 13.4.